The van der Waals surface area contributed by atoms with Gasteiger partial charge in [-0.15, -0.1) is 0 Å². The highest BCUT2D eigenvalue weighted by atomic mass is 32.2. The summed E-state index contributed by atoms with van der Waals surface area (Å²) >= 11 is 0. The summed E-state index contributed by atoms with van der Waals surface area (Å²) in [5.74, 6) is 0. The zero-order valence-corrected chi connectivity index (χ0v) is 20.0. The topological polar surface area (TPSA) is 66.4 Å². The molecule has 170 valence electrons. The molecule has 0 amide bonds. The molecule has 0 N–H and O–H groups in total. The molecule has 2 aromatic heterocycles. The lowest BCUT2D eigenvalue weighted by Crippen LogP contribution is -2.31. The van der Waals surface area contributed by atoms with Gasteiger partial charge < -0.3 is 4.90 Å². The highest BCUT2D eigenvalue weighted by Gasteiger charge is 2.26. The first-order valence-electron chi connectivity index (χ1n) is 11.0. The van der Waals surface area contributed by atoms with Gasteiger partial charge in [-0.2, -0.15) is 4.31 Å². The van der Waals surface area contributed by atoms with Crippen LogP contribution in [-0.4, -0.2) is 43.3 Å². The Morgan fingerprint density at radius 2 is 1.58 bits per heavy atom. The van der Waals surface area contributed by atoms with Crippen LogP contribution in [0.3, 0.4) is 0 Å². The summed E-state index contributed by atoms with van der Waals surface area (Å²) in [5.41, 5.74) is 3.37. The van der Waals surface area contributed by atoms with Crippen molar-refractivity contribution < 1.29 is 8.42 Å². The summed E-state index contributed by atoms with van der Waals surface area (Å²) in [6, 6.07) is 20.7. The maximum Gasteiger partial charge on any atom is 0.243 e. The van der Waals surface area contributed by atoms with E-state index in [2.05, 4.69) is 9.97 Å². The molecule has 0 spiro atoms. The first kappa shape index (κ1) is 22.9. The van der Waals surface area contributed by atoms with Crippen LogP contribution in [0.25, 0.3) is 22.2 Å². The molecule has 0 aliphatic rings. The van der Waals surface area contributed by atoms with Gasteiger partial charge in [-0.05, 0) is 42.3 Å². The number of nitrogens with zero attached hydrogens (tertiary/aromatic N) is 4. The summed E-state index contributed by atoms with van der Waals surface area (Å²) in [5, 5.41) is 1.65. The minimum Gasteiger partial charge on any atom is -0.377 e. The van der Waals surface area contributed by atoms with Gasteiger partial charge in [0.2, 0.25) is 10.0 Å². The van der Waals surface area contributed by atoms with Gasteiger partial charge in [0.1, 0.15) is 0 Å². The molecule has 0 unspecified atom stereocenters. The Balaban J connectivity index is 1.69. The molecule has 7 heteroatoms. The van der Waals surface area contributed by atoms with Crippen LogP contribution in [0.15, 0.2) is 84.0 Å². The normalized spacial score (nSPS) is 11.8. The number of benzene rings is 2. The maximum absolute atomic E-state index is 13.8. The highest BCUT2D eigenvalue weighted by molar-refractivity contribution is 7.89. The van der Waals surface area contributed by atoms with E-state index in [1.165, 1.54) is 0 Å². The summed E-state index contributed by atoms with van der Waals surface area (Å²) in [4.78, 5) is 11.2. The first-order chi connectivity index (χ1) is 15.9. The van der Waals surface area contributed by atoms with E-state index in [-0.39, 0.29) is 6.54 Å². The third-order valence-electron chi connectivity index (χ3n) is 5.54. The Hall–Kier alpha value is -3.29. The van der Waals surface area contributed by atoms with Gasteiger partial charge in [-0.3, -0.25) is 9.97 Å². The van der Waals surface area contributed by atoms with Crippen LogP contribution in [0.1, 0.15) is 18.9 Å². The zero-order valence-electron chi connectivity index (χ0n) is 19.1. The summed E-state index contributed by atoms with van der Waals surface area (Å²) in [6.07, 6.45) is 4.17. The molecule has 6 nitrogen and oxygen atoms in total. The summed E-state index contributed by atoms with van der Waals surface area (Å²) in [7, 11) is 0.201. The van der Waals surface area contributed by atoms with Crippen molar-refractivity contribution in [2.45, 2.75) is 24.8 Å². The molecule has 0 fully saturated rings. The lowest BCUT2D eigenvalue weighted by atomic mass is 10.1. The molecule has 0 bridgehead atoms. The number of sulfonamides is 1. The highest BCUT2D eigenvalue weighted by Crippen LogP contribution is 2.32. The van der Waals surface area contributed by atoms with Gasteiger partial charge in [0, 0.05) is 56.0 Å². The quantitative estimate of drug-likeness (QED) is 0.372. The second kappa shape index (κ2) is 9.68. The number of rotatable bonds is 8. The van der Waals surface area contributed by atoms with E-state index >= 15 is 0 Å². The number of fused-ring (bicyclic) bond motifs is 1. The Labute approximate surface area is 195 Å². The molecular formula is C26H28N4O2S. The van der Waals surface area contributed by atoms with Gasteiger partial charge in [0.15, 0.2) is 0 Å². The number of pyridine rings is 2. The van der Waals surface area contributed by atoms with Crippen LogP contribution in [-0.2, 0) is 16.6 Å². The molecule has 0 saturated carbocycles. The molecule has 2 aromatic carbocycles. The van der Waals surface area contributed by atoms with Gasteiger partial charge in [-0.25, -0.2) is 8.42 Å². The largest absolute Gasteiger partial charge is 0.377 e. The van der Waals surface area contributed by atoms with Crippen LogP contribution in [0.4, 0.5) is 5.69 Å². The van der Waals surface area contributed by atoms with Crippen LogP contribution >= 0.6 is 0 Å². The molecule has 2 heterocycles. The van der Waals surface area contributed by atoms with Crippen molar-refractivity contribution in [1.29, 1.82) is 0 Å². The van der Waals surface area contributed by atoms with E-state index in [9.17, 15) is 8.42 Å². The van der Waals surface area contributed by atoms with Crippen molar-refractivity contribution in [3.05, 3.63) is 84.7 Å². The van der Waals surface area contributed by atoms with Crippen LogP contribution in [0.5, 0.6) is 0 Å². The molecule has 0 atom stereocenters. The van der Waals surface area contributed by atoms with Gasteiger partial charge in [0.25, 0.3) is 0 Å². The maximum atomic E-state index is 13.8. The number of aromatic nitrogens is 2. The summed E-state index contributed by atoms with van der Waals surface area (Å²) in [6.45, 7) is 2.67. The predicted molar refractivity (Wildman–Crippen MR) is 134 cm³/mol. The van der Waals surface area contributed by atoms with E-state index in [0.717, 1.165) is 33.4 Å². The number of hydrogen-bond donors (Lipinski definition) is 0. The fourth-order valence-corrected chi connectivity index (χ4v) is 5.67. The zero-order chi connectivity index (χ0) is 23.4. The molecular weight excluding hydrogens is 432 g/mol. The van der Waals surface area contributed by atoms with Crippen molar-refractivity contribution in [2.75, 3.05) is 25.5 Å². The lowest BCUT2D eigenvalue weighted by molar-refractivity contribution is 0.406. The van der Waals surface area contributed by atoms with Gasteiger partial charge in [0.05, 0.1) is 16.3 Å². The first-order valence-corrected chi connectivity index (χ1v) is 12.4. The third-order valence-corrected chi connectivity index (χ3v) is 7.45. The van der Waals surface area contributed by atoms with E-state index in [0.29, 0.717) is 17.9 Å². The van der Waals surface area contributed by atoms with Crippen molar-refractivity contribution in [1.82, 2.24) is 14.3 Å². The van der Waals surface area contributed by atoms with Gasteiger partial charge >= 0.3 is 0 Å². The second-order valence-corrected chi connectivity index (χ2v) is 10.0. The average molecular weight is 461 g/mol. The van der Waals surface area contributed by atoms with E-state index in [4.69, 9.17) is 0 Å². The van der Waals surface area contributed by atoms with E-state index in [1.807, 2.05) is 86.6 Å². The Morgan fingerprint density at radius 1 is 0.818 bits per heavy atom. The third kappa shape index (κ3) is 4.74. The van der Waals surface area contributed by atoms with Crippen molar-refractivity contribution >= 4 is 26.5 Å². The SMILES string of the molecule is CCCN(Cc1ccc(-c2ccccn2)nc1)S(=O)(=O)c1cccc2c(N(C)C)cccc12. The average Bonchev–Trinajstić information content (AvgIpc) is 2.84. The fourth-order valence-electron chi connectivity index (χ4n) is 3.94. The Kier molecular flexibility index (Phi) is 6.72. The van der Waals surface area contributed by atoms with Crippen LogP contribution < -0.4 is 4.90 Å². The fraction of sp³-hybridized carbons (Fsp3) is 0.231. The Morgan fingerprint density at radius 3 is 2.24 bits per heavy atom. The van der Waals surface area contributed by atoms with Crippen molar-refractivity contribution in [3.8, 4) is 11.4 Å². The predicted octanol–water partition coefficient (Wildman–Crippen LogP) is 4.96. The second-order valence-electron chi connectivity index (χ2n) is 8.13. The molecule has 0 aliphatic heterocycles. The van der Waals surface area contributed by atoms with E-state index < -0.39 is 10.0 Å². The molecule has 0 radical (unpaired) electrons. The van der Waals surface area contributed by atoms with Gasteiger partial charge in [-0.1, -0.05) is 43.3 Å². The van der Waals surface area contributed by atoms with Crippen molar-refractivity contribution in [2.24, 2.45) is 0 Å². The minimum absolute atomic E-state index is 0.259. The molecule has 4 aromatic rings. The van der Waals surface area contributed by atoms with Crippen molar-refractivity contribution in [3.63, 3.8) is 0 Å². The molecule has 0 saturated heterocycles. The minimum atomic E-state index is -3.72. The standard InChI is InChI=1S/C26H28N4O2S/c1-4-17-30(19-20-14-15-24(28-18-20)23-11-5-6-16-27-23)33(31,32)26-13-8-9-21-22(26)10-7-12-25(21)29(2)3/h5-16,18H,4,17,19H2,1-3H3. The summed E-state index contributed by atoms with van der Waals surface area (Å²) < 4.78 is 29.1. The Bertz CT molecular complexity index is 1340. The molecule has 4 rings (SSSR count). The molecule has 0 aliphatic carbocycles. The number of anilines is 1. The number of hydrogen-bond acceptors (Lipinski definition) is 5. The van der Waals surface area contributed by atoms with E-state index in [1.54, 1.807) is 22.8 Å². The monoisotopic (exact) mass is 460 g/mol. The lowest BCUT2D eigenvalue weighted by Gasteiger charge is -2.23. The van der Waals surface area contributed by atoms with Crippen LogP contribution in [0, 0.1) is 0 Å². The van der Waals surface area contributed by atoms with Crippen LogP contribution in [0.2, 0.25) is 0 Å². The smallest absolute Gasteiger partial charge is 0.243 e. The molecule has 33 heavy (non-hydrogen) atoms.